The van der Waals surface area contributed by atoms with Crippen molar-refractivity contribution in [2.45, 2.75) is 32.6 Å². The van der Waals surface area contributed by atoms with Gasteiger partial charge in [-0.15, -0.1) is 12.4 Å². The Labute approximate surface area is 137 Å². The molecule has 0 saturated heterocycles. The van der Waals surface area contributed by atoms with Crippen LogP contribution in [-0.4, -0.2) is 9.55 Å². The number of nitrogens with zero attached hydrogens (tertiary/aromatic N) is 2. The van der Waals surface area contributed by atoms with Gasteiger partial charge < -0.3 is 10.3 Å². The van der Waals surface area contributed by atoms with E-state index in [4.69, 9.17) is 5.73 Å². The molecule has 2 aromatic rings. The molecule has 0 fully saturated rings. The predicted molar refractivity (Wildman–Crippen MR) is 84.5 cm³/mol. The highest BCUT2D eigenvalue weighted by atomic mass is 35.5. The molecule has 0 unspecified atom stereocenters. The lowest BCUT2D eigenvalue weighted by Crippen LogP contribution is -2.24. The van der Waals surface area contributed by atoms with Crippen LogP contribution in [0.2, 0.25) is 0 Å². The summed E-state index contributed by atoms with van der Waals surface area (Å²) in [6, 6.07) is 3.59. The Morgan fingerprint density at radius 1 is 1.30 bits per heavy atom. The van der Waals surface area contributed by atoms with E-state index in [0.717, 1.165) is 12.3 Å². The molecule has 0 aliphatic rings. The zero-order valence-electron chi connectivity index (χ0n) is 12.6. The van der Waals surface area contributed by atoms with E-state index in [1.165, 1.54) is 10.6 Å². The highest BCUT2D eigenvalue weighted by Gasteiger charge is 2.30. The molecule has 0 bridgehead atoms. The molecular weight excluding hydrogens is 331 g/mol. The third kappa shape index (κ3) is 4.11. The monoisotopic (exact) mass is 347 g/mol. The van der Waals surface area contributed by atoms with E-state index in [1.807, 2.05) is 13.8 Å². The quantitative estimate of drug-likeness (QED) is 0.925. The van der Waals surface area contributed by atoms with Crippen LogP contribution in [0.15, 0.2) is 35.4 Å². The van der Waals surface area contributed by atoms with E-state index in [1.54, 1.807) is 12.3 Å². The van der Waals surface area contributed by atoms with Crippen molar-refractivity contribution < 1.29 is 13.2 Å². The molecule has 0 saturated carbocycles. The summed E-state index contributed by atoms with van der Waals surface area (Å²) in [5, 5.41) is 0. The lowest BCUT2D eigenvalue weighted by molar-refractivity contribution is -0.137. The van der Waals surface area contributed by atoms with Crippen molar-refractivity contribution in [3.63, 3.8) is 0 Å². The summed E-state index contributed by atoms with van der Waals surface area (Å²) >= 11 is 0. The number of hydrogen-bond acceptors (Lipinski definition) is 3. The third-order valence-electron chi connectivity index (χ3n) is 3.26. The van der Waals surface area contributed by atoms with Gasteiger partial charge in [0.15, 0.2) is 0 Å². The van der Waals surface area contributed by atoms with Crippen molar-refractivity contribution in [2.24, 2.45) is 5.73 Å². The summed E-state index contributed by atoms with van der Waals surface area (Å²) in [7, 11) is 0. The smallest absolute Gasteiger partial charge is 0.326 e. The van der Waals surface area contributed by atoms with E-state index in [9.17, 15) is 18.0 Å². The van der Waals surface area contributed by atoms with E-state index in [0.29, 0.717) is 5.56 Å². The maximum atomic E-state index is 12.6. The number of pyridine rings is 2. The molecule has 0 atom stereocenters. The minimum Gasteiger partial charge on any atom is -0.326 e. The van der Waals surface area contributed by atoms with E-state index < -0.39 is 11.7 Å². The Bertz CT molecular complexity index is 724. The van der Waals surface area contributed by atoms with Gasteiger partial charge in [-0.2, -0.15) is 13.2 Å². The van der Waals surface area contributed by atoms with Crippen LogP contribution in [0, 0.1) is 0 Å². The van der Waals surface area contributed by atoms with Gasteiger partial charge in [0.2, 0.25) is 0 Å². The van der Waals surface area contributed by atoms with Gasteiger partial charge in [-0.1, -0.05) is 0 Å². The van der Waals surface area contributed by atoms with Gasteiger partial charge in [-0.25, -0.2) is 0 Å². The van der Waals surface area contributed by atoms with Gasteiger partial charge in [0.1, 0.15) is 0 Å². The topological polar surface area (TPSA) is 60.9 Å². The van der Waals surface area contributed by atoms with Crippen molar-refractivity contribution in [2.75, 3.05) is 0 Å². The molecule has 23 heavy (non-hydrogen) atoms. The number of rotatable bonds is 3. The molecule has 126 valence electrons. The molecule has 0 aliphatic carbocycles. The number of hydrogen-bond donors (Lipinski definition) is 1. The molecule has 2 heterocycles. The summed E-state index contributed by atoms with van der Waals surface area (Å²) in [6.45, 7) is 3.90. The largest absolute Gasteiger partial charge is 0.417 e. The van der Waals surface area contributed by atoms with Crippen LogP contribution in [-0.2, 0) is 12.7 Å². The number of alkyl halides is 3. The number of halogens is 4. The first-order valence-corrected chi connectivity index (χ1v) is 6.72. The predicted octanol–water partition coefficient (Wildman–Crippen LogP) is 3.39. The van der Waals surface area contributed by atoms with Crippen molar-refractivity contribution >= 4 is 12.4 Å². The molecule has 2 aromatic heterocycles. The maximum absolute atomic E-state index is 12.6. The second kappa shape index (κ2) is 7.14. The fourth-order valence-corrected chi connectivity index (χ4v) is 2.06. The molecule has 2 N–H and O–H groups in total. The van der Waals surface area contributed by atoms with Crippen LogP contribution in [0.4, 0.5) is 13.2 Å². The lowest BCUT2D eigenvalue weighted by atomic mass is 10.1. The van der Waals surface area contributed by atoms with Gasteiger partial charge in [-0.05, 0) is 37.6 Å². The number of nitrogens with two attached hydrogens (primary N) is 1. The molecule has 0 aliphatic heterocycles. The van der Waals surface area contributed by atoms with Gasteiger partial charge in [0.25, 0.3) is 5.56 Å². The first kappa shape index (κ1) is 19.2. The van der Waals surface area contributed by atoms with Crippen LogP contribution < -0.4 is 11.3 Å². The van der Waals surface area contributed by atoms with Gasteiger partial charge in [-0.3, -0.25) is 9.78 Å². The summed E-state index contributed by atoms with van der Waals surface area (Å²) in [4.78, 5) is 16.2. The van der Waals surface area contributed by atoms with Crippen LogP contribution >= 0.6 is 12.4 Å². The molecule has 8 heteroatoms. The summed E-state index contributed by atoms with van der Waals surface area (Å²) in [5.74, 6) is 0. The highest BCUT2D eigenvalue weighted by Crippen LogP contribution is 2.29. The molecule has 4 nitrogen and oxygen atoms in total. The van der Waals surface area contributed by atoms with Crippen LogP contribution in [0.1, 0.15) is 31.0 Å². The zero-order chi connectivity index (χ0) is 16.5. The first-order valence-electron chi connectivity index (χ1n) is 6.72. The van der Waals surface area contributed by atoms with Crippen LogP contribution in [0.5, 0.6) is 0 Å². The molecule has 0 amide bonds. The lowest BCUT2D eigenvalue weighted by Gasteiger charge is -2.14. The Hall–Kier alpha value is -1.86. The van der Waals surface area contributed by atoms with Gasteiger partial charge in [0.05, 0.1) is 16.8 Å². The first-order chi connectivity index (χ1) is 10.2. The molecule has 0 radical (unpaired) electrons. The van der Waals surface area contributed by atoms with Gasteiger partial charge >= 0.3 is 6.18 Å². The van der Waals surface area contributed by atoms with E-state index >= 15 is 0 Å². The van der Waals surface area contributed by atoms with Crippen LogP contribution in [0.3, 0.4) is 0 Å². The van der Waals surface area contributed by atoms with Crippen molar-refractivity contribution in [3.05, 3.63) is 52.1 Å². The summed E-state index contributed by atoms with van der Waals surface area (Å²) < 4.78 is 39.2. The molecule has 0 aromatic carbocycles. The Balaban J connectivity index is 0.00000264. The minimum atomic E-state index is -4.46. The van der Waals surface area contributed by atoms with E-state index in [-0.39, 0.29) is 41.8 Å². The average Bonchev–Trinajstić information content (AvgIpc) is 2.46. The fraction of sp³-hybridized carbons (Fsp3) is 0.333. The fourth-order valence-electron chi connectivity index (χ4n) is 2.06. The Morgan fingerprint density at radius 3 is 2.39 bits per heavy atom. The maximum Gasteiger partial charge on any atom is 0.417 e. The van der Waals surface area contributed by atoms with E-state index in [2.05, 4.69) is 4.98 Å². The summed E-state index contributed by atoms with van der Waals surface area (Å²) in [5.41, 5.74) is 5.61. The Kier molecular flexibility index (Phi) is 5.96. The van der Waals surface area contributed by atoms with Crippen LogP contribution in [0.25, 0.3) is 11.3 Å². The number of aromatic nitrogens is 2. The minimum absolute atomic E-state index is 0. The molecule has 0 spiro atoms. The standard InChI is InChI=1S/C15H16F3N3O.ClH/c1-9(2)21-8-10(6-19)5-12(14(21)22)13-4-3-11(7-20-13)15(16,17)18;/h3-5,7-9H,6,19H2,1-2H3;1H. The second-order valence-electron chi connectivity index (χ2n) is 5.20. The van der Waals surface area contributed by atoms with Crippen molar-refractivity contribution in [1.82, 2.24) is 9.55 Å². The molecule has 2 rings (SSSR count). The molecular formula is C15H17ClF3N3O. The SMILES string of the molecule is CC(C)n1cc(CN)cc(-c2ccc(C(F)(F)F)cn2)c1=O.Cl. The average molecular weight is 348 g/mol. The summed E-state index contributed by atoms with van der Waals surface area (Å²) in [6.07, 6.45) is -2.08. The normalized spacial score (nSPS) is 11.4. The Morgan fingerprint density at radius 2 is 1.96 bits per heavy atom. The third-order valence-corrected chi connectivity index (χ3v) is 3.26. The highest BCUT2D eigenvalue weighted by molar-refractivity contribution is 5.85. The van der Waals surface area contributed by atoms with Crippen molar-refractivity contribution in [1.29, 1.82) is 0 Å². The van der Waals surface area contributed by atoms with Crippen molar-refractivity contribution in [3.8, 4) is 11.3 Å². The second-order valence-corrected chi connectivity index (χ2v) is 5.20. The van der Waals surface area contributed by atoms with Gasteiger partial charge in [0, 0.05) is 25.0 Å². The zero-order valence-corrected chi connectivity index (χ0v) is 13.4.